The summed E-state index contributed by atoms with van der Waals surface area (Å²) in [6.45, 7) is 0. The van der Waals surface area contributed by atoms with Gasteiger partial charge in [0.05, 0.1) is 0 Å². The third kappa shape index (κ3) is 6.12. The van der Waals surface area contributed by atoms with Crippen molar-refractivity contribution < 1.29 is 4.42 Å². The fourth-order valence-electron chi connectivity index (χ4n) is 9.50. The quantitative estimate of drug-likeness (QED) is 0.150. The molecule has 0 radical (unpaired) electrons. The van der Waals surface area contributed by atoms with Gasteiger partial charge < -0.3 is 9.32 Å². The third-order valence-electron chi connectivity index (χ3n) is 12.5. The Labute approximate surface area is 360 Å². The lowest BCUT2D eigenvalue weighted by molar-refractivity contribution is 0.669. The fraction of sp³-hybridized carbons (Fsp3) is 0. The molecule has 290 valence electrons. The summed E-state index contributed by atoms with van der Waals surface area (Å²) in [7, 11) is 0. The average molecular weight is 790 g/mol. The van der Waals surface area contributed by atoms with Crippen LogP contribution in [0.2, 0.25) is 0 Å². The second-order valence-electron chi connectivity index (χ2n) is 16.1. The molecule has 1 aromatic heterocycles. The van der Waals surface area contributed by atoms with Crippen LogP contribution < -0.4 is 4.90 Å². The highest BCUT2D eigenvalue weighted by Crippen LogP contribution is 2.42. The lowest BCUT2D eigenvalue weighted by Crippen LogP contribution is -2.10. The molecule has 0 saturated carbocycles. The summed E-state index contributed by atoms with van der Waals surface area (Å²) < 4.78 is 6.27. The first-order valence-corrected chi connectivity index (χ1v) is 21.2. The van der Waals surface area contributed by atoms with Gasteiger partial charge in [-0.1, -0.05) is 188 Å². The standard InChI is InChI=1S/C60H39NO/c1-3-19-50-41(12-1)14-9-22-51(50)43-30-28-40(29-31-43)45-15-7-17-48(38-45)61(47-35-32-44(33-36-47)54-24-11-27-59-60(54)57-21-5-6-26-58(57)62-59)49-18-8-16-46(39-49)53-23-10-25-55-52-20-4-2-13-42(52)34-37-56(53)55/h1-39H. The molecule has 62 heavy (non-hydrogen) atoms. The van der Waals surface area contributed by atoms with Crippen molar-refractivity contribution >= 4 is 71.3 Å². The number of furan rings is 1. The Morgan fingerprint density at radius 3 is 1.58 bits per heavy atom. The van der Waals surface area contributed by atoms with Crippen LogP contribution in [0.1, 0.15) is 0 Å². The number of rotatable bonds is 7. The van der Waals surface area contributed by atoms with E-state index in [0.717, 1.165) is 55.7 Å². The maximum atomic E-state index is 6.27. The molecule has 12 rings (SSSR count). The predicted octanol–water partition coefficient (Wildman–Crippen LogP) is 17.2. The molecule has 1 heterocycles. The maximum absolute atomic E-state index is 6.27. The largest absolute Gasteiger partial charge is 0.456 e. The van der Waals surface area contributed by atoms with Crippen molar-refractivity contribution in [3.05, 3.63) is 237 Å². The smallest absolute Gasteiger partial charge is 0.136 e. The Morgan fingerprint density at radius 1 is 0.258 bits per heavy atom. The molecule has 0 atom stereocenters. The fourth-order valence-corrected chi connectivity index (χ4v) is 9.50. The lowest BCUT2D eigenvalue weighted by atomic mass is 9.94. The molecule has 0 N–H and O–H groups in total. The van der Waals surface area contributed by atoms with Crippen LogP contribution in [-0.2, 0) is 0 Å². The van der Waals surface area contributed by atoms with Crippen LogP contribution >= 0.6 is 0 Å². The first-order valence-electron chi connectivity index (χ1n) is 21.2. The van der Waals surface area contributed by atoms with Crippen LogP contribution in [-0.4, -0.2) is 0 Å². The second-order valence-corrected chi connectivity index (χ2v) is 16.1. The average Bonchev–Trinajstić information content (AvgIpc) is 3.73. The van der Waals surface area contributed by atoms with E-state index in [1.165, 1.54) is 60.1 Å². The number of fused-ring (bicyclic) bond motifs is 7. The minimum atomic E-state index is 0.898. The Kier molecular flexibility index (Phi) is 8.53. The molecule has 0 spiro atoms. The molecule has 0 aliphatic rings. The van der Waals surface area contributed by atoms with Crippen molar-refractivity contribution in [1.82, 2.24) is 0 Å². The van der Waals surface area contributed by atoms with Crippen LogP contribution in [0.4, 0.5) is 17.1 Å². The summed E-state index contributed by atoms with van der Waals surface area (Å²) in [6.07, 6.45) is 0. The van der Waals surface area contributed by atoms with E-state index in [9.17, 15) is 0 Å². The second kappa shape index (κ2) is 14.8. The minimum absolute atomic E-state index is 0.898. The summed E-state index contributed by atoms with van der Waals surface area (Å²) >= 11 is 0. The van der Waals surface area contributed by atoms with Gasteiger partial charge in [-0.25, -0.2) is 0 Å². The van der Waals surface area contributed by atoms with Gasteiger partial charge in [-0.15, -0.1) is 0 Å². The van der Waals surface area contributed by atoms with Gasteiger partial charge in [0.2, 0.25) is 0 Å². The highest BCUT2D eigenvalue weighted by Gasteiger charge is 2.18. The molecule has 0 fully saturated rings. The van der Waals surface area contributed by atoms with E-state index in [4.69, 9.17) is 4.42 Å². The Hall–Kier alpha value is -8.20. The Bertz CT molecular complexity index is 3630. The van der Waals surface area contributed by atoms with E-state index in [0.29, 0.717) is 0 Å². The van der Waals surface area contributed by atoms with Gasteiger partial charge in [0.1, 0.15) is 11.2 Å². The van der Waals surface area contributed by atoms with E-state index in [-0.39, 0.29) is 0 Å². The molecule has 2 heteroatoms. The van der Waals surface area contributed by atoms with Gasteiger partial charge in [-0.2, -0.15) is 0 Å². The number of hydrogen-bond acceptors (Lipinski definition) is 2. The summed E-state index contributed by atoms with van der Waals surface area (Å²) in [5, 5.41) is 9.81. The van der Waals surface area contributed by atoms with E-state index >= 15 is 0 Å². The topological polar surface area (TPSA) is 16.4 Å². The maximum Gasteiger partial charge on any atom is 0.136 e. The van der Waals surface area contributed by atoms with Gasteiger partial charge in [0.15, 0.2) is 0 Å². The van der Waals surface area contributed by atoms with Gasteiger partial charge >= 0.3 is 0 Å². The first kappa shape index (κ1) is 35.7. The number of para-hydroxylation sites is 1. The zero-order chi connectivity index (χ0) is 41.0. The molecule has 0 aliphatic heterocycles. The van der Waals surface area contributed by atoms with Crippen molar-refractivity contribution in [2.75, 3.05) is 4.90 Å². The molecule has 0 saturated heterocycles. The molecule has 2 nitrogen and oxygen atoms in total. The predicted molar refractivity (Wildman–Crippen MR) is 263 cm³/mol. The Morgan fingerprint density at radius 2 is 0.774 bits per heavy atom. The first-order chi connectivity index (χ1) is 30.7. The normalized spacial score (nSPS) is 11.5. The van der Waals surface area contributed by atoms with Gasteiger partial charge in [0, 0.05) is 27.8 Å². The minimum Gasteiger partial charge on any atom is -0.456 e. The highest BCUT2D eigenvalue weighted by atomic mass is 16.3. The zero-order valence-electron chi connectivity index (χ0n) is 33.9. The zero-order valence-corrected chi connectivity index (χ0v) is 33.9. The number of anilines is 3. The summed E-state index contributed by atoms with van der Waals surface area (Å²) in [6, 6.07) is 85.5. The van der Waals surface area contributed by atoms with Crippen LogP contribution in [0, 0.1) is 0 Å². The molecule has 0 unspecified atom stereocenters. The van der Waals surface area contributed by atoms with Crippen LogP contribution in [0.3, 0.4) is 0 Å². The molecule has 12 aromatic rings. The SMILES string of the molecule is c1cc(-c2ccc(-c3cccc4ccccc34)cc2)cc(N(c2ccc(-c3cccc4oc5ccccc5c34)cc2)c2cccc(-c3cccc4c3ccc3ccccc34)c2)c1. The number of benzene rings is 11. The van der Waals surface area contributed by atoms with Crippen molar-refractivity contribution in [1.29, 1.82) is 0 Å². The van der Waals surface area contributed by atoms with Crippen molar-refractivity contribution in [3.8, 4) is 44.5 Å². The summed E-state index contributed by atoms with van der Waals surface area (Å²) in [5.74, 6) is 0. The van der Waals surface area contributed by atoms with E-state index < -0.39 is 0 Å². The van der Waals surface area contributed by atoms with Crippen LogP contribution in [0.15, 0.2) is 241 Å². The van der Waals surface area contributed by atoms with Gasteiger partial charge in [0.25, 0.3) is 0 Å². The van der Waals surface area contributed by atoms with E-state index in [1.807, 2.05) is 12.1 Å². The van der Waals surface area contributed by atoms with Crippen LogP contribution in [0.5, 0.6) is 0 Å². The van der Waals surface area contributed by atoms with Gasteiger partial charge in [-0.3, -0.25) is 0 Å². The van der Waals surface area contributed by atoms with E-state index in [2.05, 4.69) is 229 Å². The molecule has 0 aliphatic carbocycles. The monoisotopic (exact) mass is 789 g/mol. The highest BCUT2D eigenvalue weighted by molar-refractivity contribution is 6.13. The summed E-state index contributed by atoms with van der Waals surface area (Å²) in [4.78, 5) is 2.38. The lowest BCUT2D eigenvalue weighted by Gasteiger charge is -2.27. The molecule has 0 bridgehead atoms. The number of nitrogens with zero attached hydrogens (tertiary/aromatic N) is 1. The van der Waals surface area contributed by atoms with Crippen molar-refractivity contribution in [2.45, 2.75) is 0 Å². The van der Waals surface area contributed by atoms with Crippen LogP contribution in [0.25, 0.3) is 98.8 Å². The third-order valence-corrected chi connectivity index (χ3v) is 12.5. The molecule has 11 aromatic carbocycles. The van der Waals surface area contributed by atoms with E-state index in [1.54, 1.807) is 0 Å². The Balaban J connectivity index is 0.974. The van der Waals surface area contributed by atoms with Gasteiger partial charge in [-0.05, 0) is 125 Å². The molecule has 0 amide bonds. The number of hydrogen-bond donors (Lipinski definition) is 0. The van der Waals surface area contributed by atoms with Crippen molar-refractivity contribution in [3.63, 3.8) is 0 Å². The molecular weight excluding hydrogens is 751 g/mol. The van der Waals surface area contributed by atoms with Crippen molar-refractivity contribution in [2.24, 2.45) is 0 Å². The molecular formula is C60H39NO. The summed E-state index contributed by atoms with van der Waals surface area (Å²) in [5.41, 5.74) is 14.5.